The van der Waals surface area contributed by atoms with Crippen LogP contribution in [0, 0.1) is 24.5 Å². The van der Waals surface area contributed by atoms with Gasteiger partial charge in [0.15, 0.2) is 11.6 Å². The largest absolute Gasteiger partial charge is 0.494 e. The number of methoxy groups -OCH3 is 1. The van der Waals surface area contributed by atoms with E-state index in [4.69, 9.17) is 4.74 Å². The van der Waals surface area contributed by atoms with Gasteiger partial charge < -0.3 is 4.74 Å². The van der Waals surface area contributed by atoms with Crippen molar-refractivity contribution in [2.75, 3.05) is 7.11 Å². The van der Waals surface area contributed by atoms with Gasteiger partial charge in [0.1, 0.15) is 12.5 Å². The Balaban J connectivity index is 1.90. The number of alkyl halides is 1. The molecule has 1 saturated carbocycles. The van der Waals surface area contributed by atoms with Gasteiger partial charge in [-0.15, -0.1) is 0 Å². The summed E-state index contributed by atoms with van der Waals surface area (Å²) in [7, 11) is 1.33. The summed E-state index contributed by atoms with van der Waals surface area (Å²) < 4.78 is 51.1. The maximum absolute atomic E-state index is 15.3. The van der Waals surface area contributed by atoms with E-state index in [1.54, 1.807) is 6.07 Å². The SMILES string of the molecule is COc1cccc(-c2c(C)n(Cc3c(F)cccc3CF)c(=O)n(CCC3CCCCC3)c2=O)c1F. The molecule has 8 heteroatoms. The summed E-state index contributed by atoms with van der Waals surface area (Å²) in [6, 6.07) is 8.54. The summed E-state index contributed by atoms with van der Waals surface area (Å²) in [5.74, 6) is -1.00. The molecule has 0 atom stereocenters. The Kier molecular flexibility index (Phi) is 8.01. The van der Waals surface area contributed by atoms with Crippen LogP contribution in [0.5, 0.6) is 5.75 Å². The van der Waals surface area contributed by atoms with Crippen LogP contribution in [-0.2, 0) is 19.8 Å². The number of rotatable bonds is 8. The molecule has 0 spiro atoms. The van der Waals surface area contributed by atoms with Crippen LogP contribution in [0.1, 0.15) is 55.3 Å². The third kappa shape index (κ3) is 4.99. The summed E-state index contributed by atoms with van der Waals surface area (Å²) >= 11 is 0. The lowest BCUT2D eigenvalue weighted by molar-refractivity contribution is 0.319. The number of hydrogen-bond donors (Lipinski definition) is 0. The fraction of sp³-hybridized carbons (Fsp3) is 0.429. The second-order valence-electron chi connectivity index (χ2n) is 9.41. The molecule has 3 aromatic rings. The molecule has 1 heterocycles. The summed E-state index contributed by atoms with van der Waals surface area (Å²) in [4.78, 5) is 27.2. The molecule has 0 amide bonds. The minimum atomic E-state index is -0.903. The molecule has 0 bridgehead atoms. The molecule has 0 unspecified atom stereocenters. The normalized spacial score (nSPS) is 14.2. The first-order chi connectivity index (χ1) is 17.4. The van der Waals surface area contributed by atoms with Crippen LogP contribution < -0.4 is 16.0 Å². The van der Waals surface area contributed by atoms with Gasteiger partial charge in [-0.05, 0) is 37.0 Å². The summed E-state index contributed by atoms with van der Waals surface area (Å²) in [6.07, 6.45) is 6.16. The number of ether oxygens (including phenoxy) is 1. The highest BCUT2D eigenvalue weighted by atomic mass is 19.1. The predicted molar refractivity (Wildman–Crippen MR) is 133 cm³/mol. The van der Waals surface area contributed by atoms with Gasteiger partial charge in [0.2, 0.25) is 0 Å². The molecule has 192 valence electrons. The molecule has 0 radical (unpaired) electrons. The molecule has 4 rings (SSSR count). The Hall–Kier alpha value is -3.29. The number of aromatic nitrogens is 2. The third-order valence-corrected chi connectivity index (χ3v) is 7.30. The molecular weight excluding hydrogens is 469 g/mol. The Labute approximate surface area is 208 Å². The van der Waals surface area contributed by atoms with E-state index in [1.807, 2.05) is 0 Å². The van der Waals surface area contributed by atoms with Crippen molar-refractivity contribution < 1.29 is 17.9 Å². The van der Waals surface area contributed by atoms with E-state index in [-0.39, 0.29) is 46.8 Å². The molecule has 5 nitrogen and oxygen atoms in total. The average molecular weight is 501 g/mol. The number of hydrogen-bond acceptors (Lipinski definition) is 3. The van der Waals surface area contributed by atoms with Gasteiger partial charge in [-0.25, -0.2) is 18.0 Å². The zero-order chi connectivity index (χ0) is 25.8. The van der Waals surface area contributed by atoms with Crippen LogP contribution in [0.2, 0.25) is 0 Å². The minimum absolute atomic E-state index is 0.00346. The quantitative estimate of drug-likeness (QED) is 0.395. The minimum Gasteiger partial charge on any atom is -0.494 e. The Morgan fingerprint density at radius 1 is 1.00 bits per heavy atom. The maximum atomic E-state index is 15.3. The first-order valence-electron chi connectivity index (χ1n) is 12.4. The van der Waals surface area contributed by atoms with Crippen LogP contribution in [0.4, 0.5) is 13.2 Å². The fourth-order valence-electron chi connectivity index (χ4n) is 5.21. The molecule has 0 aliphatic heterocycles. The lowest BCUT2D eigenvalue weighted by atomic mass is 9.87. The molecule has 1 aromatic heterocycles. The number of benzene rings is 2. The predicted octanol–water partition coefficient (Wildman–Crippen LogP) is 5.76. The highest BCUT2D eigenvalue weighted by Crippen LogP contribution is 2.30. The van der Waals surface area contributed by atoms with Gasteiger partial charge in [0.25, 0.3) is 5.56 Å². The van der Waals surface area contributed by atoms with Crippen molar-refractivity contribution in [2.45, 2.75) is 65.2 Å². The molecule has 0 saturated heterocycles. The second-order valence-corrected chi connectivity index (χ2v) is 9.41. The van der Waals surface area contributed by atoms with Gasteiger partial charge in [0.05, 0.1) is 19.2 Å². The first-order valence-corrected chi connectivity index (χ1v) is 12.4. The lowest BCUT2D eigenvalue weighted by Crippen LogP contribution is -2.43. The van der Waals surface area contributed by atoms with Crippen LogP contribution in [0.3, 0.4) is 0 Å². The van der Waals surface area contributed by atoms with Gasteiger partial charge in [0, 0.05) is 23.4 Å². The van der Waals surface area contributed by atoms with Crippen LogP contribution >= 0.6 is 0 Å². The lowest BCUT2D eigenvalue weighted by Gasteiger charge is -2.23. The van der Waals surface area contributed by atoms with Gasteiger partial charge in [-0.1, -0.05) is 56.4 Å². The van der Waals surface area contributed by atoms with Crippen molar-refractivity contribution in [2.24, 2.45) is 5.92 Å². The van der Waals surface area contributed by atoms with Gasteiger partial charge in [-0.3, -0.25) is 13.9 Å². The van der Waals surface area contributed by atoms with Crippen molar-refractivity contribution in [3.05, 3.63) is 85.7 Å². The zero-order valence-electron chi connectivity index (χ0n) is 20.7. The Bertz CT molecular complexity index is 1360. The van der Waals surface area contributed by atoms with E-state index in [1.165, 1.54) is 55.4 Å². The van der Waals surface area contributed by atoms with E-state index in [0.717, 1.165) is 30.3 Å². The smallest absolute Gasteiger partial charge is 0.331 e. The summed E-state index contributed by atoms with van der Waals surface area (Å²) in [5, 5.41) is 0. The maximum Gasteiger partial charge on any atom is 0.331 e. The highest BCUT2D eigenvalue weighted by Gasteiger charge is 2.24. The number of halogens is 3. The van der Waals surface area contributed by atoms with Gasteiger partial charge in [-0.2, -0.15) is 0 Å². The topological polar surface area (TPSA) is 53.2 Å². The summed E-state index contributed by atoms with van der Waals surface area (Å²) in [6.45, 7) is 0.519. The van der Waals surface area contributed by atoms with E-state index >= 15 is 4.39 Å². The van der Waals surface area contributed by atoms with Crippen molar-refractivity contribution in [3.8, 4) is 16.9 Å². The molecule has 0 N–H and O–H groups in total. The van der Waals surface area contributed by atoms with Crippen LogP contribution in [-0.4, -0.2) is 16.2 Å². The van der Waals surface area contributed by atoms with E-state index in [2.05, 4.69) is 0 Å². The second kappa shape index (κ2) is 11.2. The van der Waals surface area contributed by atoms with Crippen molar-refractivity contribution in [3.63, 3.8) is 0 Å². The monoisotopic (exact) mass is 500 g/mol. The average Bonchev–Trinajstić information content (AvgIpc) is 2.88. The first kappa shape index (κ1) is 25.8. The standard InChI is InChI=1S/C28H31F3N2O3/c1-18-25(21-11-7-13-24(36-2)26(21)31)27(34)32(15-14-19-8-4-3-5-9-19)28(35)33(18)17-22-20(16-29)10-6-12-23(22)30/h6-7,10-13,19H,3-5,8-9,14-17H2,1-2H3. The zero-order valence-corrected chi connectivity index (χ0v) is 20.7. The molecule has 1 fully saturated rings. The highest BCUT2D eigenvalue weighted by molar-refractivity contribution is 5.67. The molecule has 1 aliphatic carbocycles. The molecule has 1 aliphatic rings. The van der Waals surface area contributed by atoms with Crippen molar-refractivity contribution in [1.29, 1.82) is 0 Å². The van der Waals surface area contributed by atoms with Gasteiger partial charge >= 0.3 is 5.69 Å². The number of nitrogens with zero attached hydrogens (tertiary/aromatic N) is 2. The molecule has 2 aromatic carbocycles. The van der Waals surface area contributed by atoms with E-state index in [9.17, 15) is 18.4 Å². The summed E-state index contributed by atoms with van der Waals surface area (Å²) in [5.41, 5.74) is -0.886. The van der Waals surface area contributed by atoms with Crippen LogP contribution in [0.15, 0.2) is 46.0 Å². The van der Waals surface area contributed by atoms with Crippen LogP contribution in [0.25, 0.3) is 11.1 Å². The van der Waals surface area contributed by atoms with Crippen molar-refractivity contribution in [1.82, 2.24) is 9.13 Å². The Morgan fingerprint density at radius 3 is 2.42 bits per heavy atom. The van der Waals surface area contributed by atoms with Crippen molar-refractivity contribution >= 4 is 0 Å². The Morgan fingerprint density at radius 2 is 1.72 bits per heavy atom. The molecular formula is C28H31F3N2O3. The fourth-order valence-corrected chi connectivity index (χ4v) is 5.21. The third-order valence-electron chi connectivity index (χ3n) is 7.30. The molecule has 36 heavy (non-hydrogen) atoms. The van der Waals surface area contributed by atoms with E-state index < -0.39 is 29.6 Å². The van der Waals surface area contributed by atoms with E-state index in [0.29, 0.717) is 12.3 Å².